The van der Waals surface area contributed by atoms with E-state index in [4.69, 9.17) is 0 Å². The number of nitrogens with one attached hydrogen (secondary N) is 1. The molecule has 1 heterocycles. The Kier molecular flexibility index (Phi) is 7.29. The average Bonchev–Trinajstić information content (AvgIpc) is 2.74. The average molecular weight is 428 g/mol. The fourth-order valence-electron chi connectivity index (χ4n) is 3.47. The fourth-order valence-corrected chi connectivity index (χ4v) is 4.29. The molecule has 1 saturated heterocycles. The maximum atomic E-state index is 12.5. The topological polar surface area (TPSA) is 69.7 Å². The van der Waals surface area contributed by atoms with Gasteiger partial charge in [-0.2, -0.15) is 0 Å². The summed E-state index contributed by atoms with van der Waals surface area (Å²) in [6.45, 7) is 7.01. The molecule has 0 bridgehead atoms. The number of anilines is 1. The van der Waals surface area contributed by atoms with Crippen molar-refractivity contribution in [3.63, 3.8) is 0 Å². The molecule has 30 heavy (non-hydrogen) atoms. The van der Waals surface area contributed by atoms with Crippen molar-refractivity contribution in [1.29, 1.82) is 0 Å². The zero-order valence-corrected chi connectivity index (χ0v) is 18.4. The zero-order chi connectivity index (χ0) is 21.6. The van der Waals surface area contributed by atoms with Crippen LogP contribution in [0.15, 0.2) is 53.9 Å². The van der Waals surface area contributed by atoms with E-state index in [1.165, 1.54) is 11.3 Å². The predicted molar refractivity (Wildman–Crippen MR) is 122 cm³/mol. The molecule has 2 aromatic carbocycles. The Labute approximate surface area is 179 Å². The number of aryl methyl sites for hydroxylation is 2. The van der Waals surface area contributed by atoms with E-state index in [1.54, 1.807) is 6.08 Å². The number of amides is 1. The third kappa shape index (κ3) is 6.18. The minimum Gasteiger partial charge on any atom is -0.368 e. The Hall–Kier alpha value is -2.64. The normalized spacial score (nSPS) is 15.0. The number of carbonyl (C=O) groups excluding carboxylic acids is 1. The summed E-state index contributed by atoms with van der Waals surface area (Å²) in [7, 11) is -3.58. The summed E-state index contributed by atoms with van der Waals surface area (Å²) in [5.74, 6) is -0.0235. The minimum atomic E-state index is -3.58. The van der Waals surface area contributed by atoms with Crippen LogP contribution < -0.4 is 9.62 Å². The molecule has 0 atom stereocenters. The number of carbonyl (C=O) groups is 1. The molecule has 7 heteroatoms. The van der Waals surface area contributed by atoms with Crippen LogP contribution in [-0.4, -0.2) is 51.9 Å². The highest BCUT2D eigenvalue weighted by molar-refractivity contribution is 7.92. The summed E-state index contributed by atoms with van der Waals surface area (Å²) in [5, 5.41) is 1.14. The molecule has 2 aromatic rings. The van der Waals surface area contributed by atoms with Gasteiger partial charge < -0.3 is 9.80 Å². The molecule has 1 N–H and O–H groups in total. The van der Waals surface area contributed by atoms with Crippen molar-refractivity contribution in [2.24, 2.45) is 0 Å². The van der Waals surface area contributed by atoms with E-state index in [0.717, 1.165) is 29.6 Å². The van der Waals surface area contributed by atoms with Crippen LogP contribution in [0.1, 0.15) is 23.1 Å². The number of piperazine rings is 1. The predicted octanol–water partition coefficient (Wildman–Crippen LogP) is 2.93. The molecular formula is C23H29N3O3S. The SMILES string of the molecule is Cc1ccc(/C=C/S(=O)(=O)NCCC(=O)N2CCN(c3ccccc3C)CC2)cc1. The van der Waals surface area contributed by atoms with Crippen molar-refractivity contribution in [1.82, 2.24) is 9.62 Å². The second-order valence-corrected chi connectivity index (χ2v) is 9.21. The van der Waals surface area contributed by atoms with Gasteiger partial charge >= 0.3 is 0 Å². The van der Waals surface area contributed by atoms with Crippen molar-refractivity contribution < 1.29 is 13.2 Å². The first kappa shape index (κ1) is 22.1. The summed E-state index contributed by atoms with van der Waals surface area (Å²) < 4.78 is 26.7. The molecule has 0 radical (unpaired) electrons. The Morgan fingerprint density at radius 3 is 2.33 bits per heavy atom. The van der Waals surface area contributed by atoms with Crippen molar-refractivity contribution in [2.45, 2.75) is 20.3 Å². The summed E-state index contributed by atoms with van der Waals surface area (Å²) in [6, 6.07) is 15.8. The third-order valence-electron chi connectivity index (χ3n) is 5.25. The molecule has 0 saturated carbocycles. The van der Waals surface area contributed by atoms with E-state index in [0.29, 0.717) is 13.1 Å². The first-order chi connectivity index (χ1) is 14.3. The second-order valence-electron chi connectivity index (χ2n) is 7.56. The van der Waals surface area contributed by atoms with Crippen LogP contribution in [-0.2, 0) is 14.8 Å². The van der Waals surface area contributed by atoms with E-state index >= 15 is 0 Å². The smallest absolute Gasteiger partial charge is 0.233 e. The lowest BCUT2D eigenvalue weighted by Crippen LogP contribution is -2.49. The summed E-state index contributed by atoms with van der Waals surface area (Å²) in [6.07, 6.45) is 1.70. The molecule has 1 amide bonds. The second kappa shape index (κ2) is 9.91. The Morgan fingerprint density at radius 1 is 1.00 bits per heavy atom. The van der Waals surface area contributed by atoms with Gasteiger partial charge in [0.1, 0.15) is 0 Å². The number of rotatable bonds is 7. The highest BCUT2D eigenvalue weighted by atomic mass is 32.2. The molecule has 1 fully saturated rings. The minimum absolute atomic E-state index is 0.0235. The van der Waals surface area contributed by atoms with Gasteiger partial charge in [0.15, 0.2) is 0 Å². The van der Waals surface area contributed by atoms with E-state index in [9.17, 15) is 13.2 Å². The van der Waals surface area contributed by atoms with Gasteiger partial charge in [0.25, 0.3) is 0 Å². The van der Waals surface area contributed by atoms with Crippen LogP contribution in [0.25, 0.3) is 6.08 Å². The Morgan fingerprint density at radius 2 is 1.67 bits per heavy atom. The molecule has 0 unspecified atom stereocenters. The first-order valence-electron chi connectivity index (χ1n) is 10.2. The molecule has 6 nitrogen and oxygen atoms in total. The lowest BCUT2D eigenvalue weighted by molar-refractivity contribution is -0.131. The monoisotopic (exact) mass is 427 g/mol. The van der Waals surface area contributed by atoms with Crippen molar-refractivity contribution in [3.05, 3.63) is 70.6 Å². The molecule has 1 aliphatic heterocycles. The molecule has 3 rings (SSSR count). The molecule has 0 spiro atoms. The van der Waals surface area contributed by atoms with Crippen molar-refractivity contribution in [2.75, 3.05) is 37.6 Å². The van der Waals surface area contributed by atoms with Crippen LogP contribution >= 0.6 is 0 Å². The van der Waals surface area contributed by atoms with Gasteiger partial charge in [-0.15, -0.1) is 0 Å². The number of hydrogen-bond donors (Lipinski definition) is 1. The largest absolute Gasteiger partial charge is 0.368 e. The summed E-state index contributed by atoms with van der Waals surface area (Å²) >= 11 is 0. The highest BCUT2D eigenvalue weighted by Gasteiger charge is 2.22. The summed E-state index contributed by atoms with van der Waals surface area (Å²) in [4.78, 5) is 16.6. The highest BCUT2D eigenvalue weighted by Crippen LogP contribution is 2.20. The van der Waals surface area contributed by atoms with E-state index in [1.807, 2.05) is 48.2 Å². The van der Waals surface area contributed by atoms with E-state index in [2.05, 4.69) is 28.7 Å². The number of sulfonamides is 1. The lowest BCUT2D eigenvalue weighted by Gasteiger charge is -2.36. The Bertz CT molecular complexity index is 993. The van der Waals surface area contributed by atoms with Gasteiger partial charge in [-0.3, -0.25) is 4.79 Å². The maximum absolute atomic E-state index is 12.5. The van der Waals surface area contributed by atoms with E-state index in [-0.39, 0.29) is 18.9 Å². The van der Waals surface area contributed by atoms with Crippen molar-refractivity contribution in [3.8, 4) is 0 Å². The van der Waals surface area contributed by atoms with Gasteiger partial charge in [-0.25, -0.2) is 13.1 Å². The first-order valence-corrected chi connectivity index (χ1v) is 11.7. The standard InChI is InChI=1S/C23H29N3O3S/c1-19-7-9-21(10-8-19)12-18-30(28,29)24-13-11-23(27)26-16-14-25(15-17-26)22-6-4-3-5-20(22)2/h3-10,12,18,24H,11,13-17H2,1-2H3/b18-12+. The number of benzene rings is 2. The quantitative estimate of drug-likeness (QED) is 0.738. The van der Waals surface area contributed by atoms with E-state index < -0.39 is 10.0 Å². The molecule has 1 aliphatic rings. The lowest BCUT2D eigenvalue weighted by atomic mass is 10.1. The maximum Gasteiger partial charge on any atom is 0.233 e. The molecule has 0 aromatic heterocycles. The number of nitrogens with zero attached hydrogens (tertiary/aromatic N) is 2. The van der Waals surface area contributed by atoms with Gasteiger partial charge in [0, 0.05) is 50.2 Å². The van der Waals surface area contributed by atoms with Crippen LogP contribution in [0.3, 0.4) is 0 Å². The molecule has 160 valence electrons. The van der Waals surface area contributed by atoms with Crippen LogP contribution in [0.4, 0.5) is 5.69 Å². The Balaban J connectivity index is 1.43. The number of hydrogen-bond acceptors (Lipinski definition) is 4. The van der Waals surface area contributed by atoms with Gasteiger partial charge in [-0.05, 0) is 37.1 Å². The number of para-hydroxylation sites is 1. The fraction of sp³-hybridized carbons (Fsp3) is 0.348. The molecular weight excluding hydrogens is 398 g/mol. The van der Waals surface area contributed by atoms with Crippen molar-refractivity contribution >= 4 is 27.7 Å². The van der Waals surface area contributed by atoms with Gasteiger partial charge in [-0.1, -0.05) is 48.0 Å². The van der Waals surface area contributed by atoms with Crippen LogP contribution in [0, 0.1) is 13.8 Å². The van der Waals surface area contributed by atoms with Crippen LogP contribution in [0.5, 0.6) is 0 Å². The van der Waals surface area contributed by atoms with Gasteiger partial charge in [0.05, 0.1) is 0 Å². The third-order valence-corrected chi connectivity index (χ3v) is 6.35. The van der Waals surface area contributed by atoms with Gasteiger partial charge in [0.2, 0.25) is 15.9 Å². The van der Waals surface area contributed by atoms with Crippen LogP contribution in [0.2, 0.25) is 0 Å². The molecule has 0 aliphatic carbocycles. The summed E-state index contributed by atoms with van der Waals surface area (Å²) in [5.41, 5.74) is 4.36. The zero-order valence-electron chi connectivity index (χ0n) is 17.5.